The minimum Gasteiger partial charge on any atom is -0.493 e. The molecule has 0 spiro atoms. The van der Waals surface area contributed by atoms with Gasteiger partial charge >= 0.3 is 5.97 Å². The van der Waals surface area contributed by atoms with Crippen LogP contribution in [0.15, 0.2) is 12.1 Å². The largest absolute Gasteiger partial charge is 0.493 e. The topological polar surface area (TPSA) is 122 Å². The molecule has 4 atom stereocenters. The zero-order valence-corrected chi connectivity index (χ0v) is 21.8. The highest BCUT2D eigenvalue weighted by Gasteiger charge is 2.49. The monoisotopic (exact) mass is 516 g/mol. The molecule has 0 fully saturated rings. The number of aliphatic hydroxyl groups is 2. The fourth-order valence-electron chi connectivity index (χ4n) is 5.26. The van der Waals surface area contributed by atoms with Crippen molar-refractivity contribution in [3.05, 3.63) is 23.3 Å². The van der Waals surface area contributed by atoms with E-state index in [4.69, 9.17) is 33.2 Å². The molecule has 5 rings (SSSR count). The first kappa shape index (κ1) is 25.3. The van der Waals surface area contributed by atoms with E-state index in [-0.39, 0.29) is 19.8 Å². The van der Waals surface area contributed by atoms with Crippen LogP contribution in [0.5, 0.6) is 34.5 Å². The lowest BCUT2D eigenvalue weighted by Crippen LogP contribution is -2.47. The van der Waals surface area contributed by atoms with Crippen molar-refractivity contribution in [2.75, 3.05) is 34.7 Å². The quantitative estimate of drug-likeness (QED) is 0.588. The molecule has 2 N–H and O–H groups in total. The number of carbonyl (C=O) groups excluding carboxylic acids is 1. The number of esters is 1. The first-order chi connectivity index (χ1) is 17.5. The molecule has 1 aliphatic carbocycles. The Labute approximate surface area is 214 Å². The third-order valence-electron chi connectivity index (χ3n) is 7.65. The molecule has 0 saturated carbocycles. The summed E-state index contributed by atoms with van der Waals surface area (Å²) in [5.74, 6) is 0.943. The molecule has 0 aromatic heterocycles. The maximum absolute atomic E-state index is 13.3. The Bertz CT molecular complexity index is 1250. The van der Waals surface area contributed by atoms with Gasteiger partial charge in [0.1, 0.15) is 5.60 Å². The van der Waals surface area contributed by atoms with E-state index < -0.39 is 29.2 Å². The molecule has 10 heteroatoms. The van der Waals surface area contributed by atoms with Gasteiger partial charge in [0.2, 0.25) is 18.3 Å². The smallest absolute Gasteiger partial charge is 0.338 e. The normalized spacial score (nSPS) is 28.2. The lowest BCUT2D eigenvalue weighted by Gasteiger charge is -2.41. The maximum Gasteiger partial charge on any atom is 0.338 e. The van der Waals surface area contributed by atoms with Gasteiger partial charge in [-0.15, -0.1) is 0 Å². The van der Waals surface area contributed by atoms with Gasteiger partial charge in [0.05, 0.1) is 27.9 Å². The standard InChI is InChI=1S/C27H32O10/c1-13-9-14-10-17-21(36-12-35-17)23-18(14)19-15(11-16(31-4)20(32-5)22(19)33-6)24(27(13,3)30)37-25(28)26(2,29)7-8-34-23/h10-11,13,24,29-30H,7-9,12H2,1-6H3/t13-,24-,26+,27-/m0/s1. The van der Waals surface area contributed by atoms with E-state index in [0.717, 1.165) is 5.56 Å². The number of hydrogen-bond acceptors (Lipinski definition) is 10. The molecule has 0 unspecified atom stereocenters. The van der Waals surface area contributed by atoms with Crippen molar-refractivity contribution in [1.29, 1.82) is 0 Å². The van der Waals surface area contributed by atoms with E-state index in [1.807, 2.05) is 13.0 Å². The minimum atomic E-state index is -1.88. The van der Waals surface area contributed by atoms with Gasteiger partial charge in [-0.05, 0) is 43.9 Å². The second kappa shape index (κ2) is 8.88. The molecule has 0 radical (unpaired) electrons. The molecule has 3 aliphatic rings. The fraction of sp³-hybridized carbons (Fsp3) is 0.519. The first-order valence-electron chi connectivity index (χ1n) is 12.1. The Hall–Kier alpha value is -3.37. The van der Waals surface area contributed by atoms with Gasteiger partial charge in [0.25, 0.3) is 0 Å². The van der Waals surface area contributed by atoms with Gasteiger partial charge in [-0.3, -0.25) is 0 Å². The van der Waals surface area contributed by atoms with Crippen LogP contribution in [0.2, 0.25) is 0 Å². The number of hydrogen-bond donors (Lipinski definition) is 2. The Morgan fingerprint density at radius 1 is 0.946 bits per heavy atom. The molecule has 10 nitrogen and oxygen atoms in total. The Morgan fingerprint density at radius 2 is 1.68 bits per heavy atom. The summed E-state index contributed by atoms with van der Waals surface area (Å²) in [4.78, 5) is 13.3. The van der Waals surface area contributed by atoms with Crippen LogP contribution in [-0.2, 0) is 16.0 Å². The Balaban J connectivity index is 1.97. The number of ether oxygens (including phenoxy) is 7. The van der Waals surface area contributed by atoms with Gasteiger partial charge in [-0.25, -0.2) is 4.79 Å². The van der Waals surface area contributed by atoms with E-state index in [1.165, 1.54) is 28.3 Å². The Morgan fingerprint density at radius 3 is 2.35 bits per heavy atom. The van der Waals surface area contributed by atoms with Crippen LogP contribution in [0.4, 0.5) is 0 Å². The number of fused-ring (bicyclic) bond motifs is 2. The number of carbonyl (C=O) groups is 1. The molecule has 2 bridgehead atoms. The molecule has 2 aromatic rings. The van der Waals surface area contributed by atoms with Crippen LogP contribution in [-0.4, -0.2) is 62.1 Å². The van der Waals surface area contributed by atoms with Crippen molar-refractivity contribution in [2.24, 2.45) is 5.92 Å². The second-order valence-corrected chi connectivity index (χ2v) is 10.1. The van der Waals surface area contributed by atoms with E-state index in [9.17, 15) is 15.0 Å². The third kappa shape index (κ3) is 3.81. The van der Waals surface area contributed by atoms with E-state index >= 15 is 0 Å². The molecule has 0 amide bonds. The predicted molar refractivity (Wildman–Crippen MR) is 131 cm³/mol. The van der Waals surface area contributed by atoms with Gasteiger partial charge in [0.15, 0.2) is 34.7 Å². The van der Waals surface area contributed by atoms with Crippen molar-refractivity contribution in [1.82, 2.24) is 0 Å². The van der Waals surface area contributed by atoms with E-state index in [0.29, 0.717) is 57.6 Å². The molecule has 2 heterocycles. The van der Waals surface area contributed by atoms with Crippen LogP contribution < -0.4 is 28.4 Å². The van der Waals surface area contributed by atoms with E-state index in [1.54, 1.807) is 13.0 Å². The number of methoxy groups -OCH3 is 3. The van der Waals surface area contributed by atoms with Gasteiger partial charge < -0.3 is 43.4 Å². The number of benzene rings is 2. The van der Waals surface area contributed by atoms with Gasteiger partial charge in [-0.1, -0.05) is 6.92 Å². The first-order valence-corrected chi connectivity index (χ1v) is 12.1. The highest BCUT2D eigenvalue weighted by Crippen LogP contribution is 2.59. The third-order valence-corrected chi connectivity index (χ3v) is 7.65. The van der Waals surface area contributed by atoms with Crippen molar-refractivity contribution in [3.63, 3.8) is 0 Å². The summed E-state index contributed by atoms with van der Waals surface area (Å²) in [5.41, 5.74) is -1.09. The summed E-state index contributed by atoms with van der Waals surface area (Å²) in [6.07, 6.45) is -0.874. The molecular weight excluding hydrogens is 484 g/mol. The predicted octanol–water partition coefficient (Wildman–Crippen LogP) is 3.17. The molecule has 2 aliphatic heterocycles. The maximum atomic E-state index is 13.3. The van der Waals surface area contributed by atoms with E-state index in [2.05, 4.69) is 0 Å². The average molecular weight is 517 g/mol. The fourth-order valence-corrected chi connectivity index (χ4v) is 5.26. The molecule has 2 aromatic carbocycles. The average Bonchev–Trinajstić information content (AvgIpc) is 3.32. The highest BCUT2D eigenvalue weighted by atomic mass is 16.7. The molecule has 200 valence electrons. The Kier molecular flexibility index (Phi) is 6.07. The molecular formula is C27H32O10. The van der Waals surface area contributed by atoms with Crippen molar-refractivity contribution in [3.8, 4) is 45.6 Å². The molecule has 37 heavy (non-hydrogen) atoms. The lowest BCUT2D eigenvalue weighted by atomic mass is 9.73. The number of rotatable bonds is 3. The van der Waals surface area contributed by atoms with Crippen LogP contribution in [0.3, 0.4) is 0 Å². The van der Waals surface area contributed by atoms with Crippen LogP contribution in [0.25, 0.3) is 11.1 Å². The van der Waals surface area contributed by atoms with Crippen molar-refractivity contribution in [2.45, 2.75) is 50.9 Å². The molecule has 0 saturated heterocycles. The summed E-state index contributed by atoms with van der Waals surface area (Å²) in [5, 5.41) is 22.9. The zero-order valence-electron chi connectivity index (χ0n) is 21.8. The summed E-state index contributed by atoms with van der Waals surface area (Å²) in [6.45, 7) is 4.85. The highest BCUT2D eigenvalue weighted by molar-refractivity contribution is 5.89. The summed E-state index contributed by atoms with van der Waals surface area (Å²) >= 11 is 0. The summed E-state index contributed by atoms with van der Waals surface area (Å²) < 4.78 is 40.9. The SMILES string of the molecule is COc1cc2c(c(OC)c1OC)-c1c3cc4c(c1OCC[C@@](C)(O)C(=O)O[C@@H]2[C@@](C)(O)[C@@H](C)C3)OCO4. The van der Waals surface area contributed by atoms with Crippen molar-refractivity contribution < 1.29 is 48.2 Å². The van der Waals surface area contributed by atoms with Crippen LogP contribution >= 0.6 is 0 Å². The zero-order chi connectivity index (χ0) is 26.7. The van der Waals surface area contributed by atoms with Crippen LogP contribution in [0.1, 0.15) is 44.4 Å². The minimum absolute atomic E-state index is 0.0136. The van der Waals surface area contributed by atoms with Gasteiger partial charge in [-0.2, -0.15) is 0 Å². The lowest BCUT2D eigenvalue weighted by molar-refractivity contribution is -0.189. The second-order valence-electron chi connectivity index (χ2n) is 10.1. The summed E-state index contributed by atoms with van der Waals surface area (Å²) in [7, 11) is 4.47. The van der Waals surface area contributed by atoms with Crippen LogP contribution in [0, 0.1) is 5.92 Å². The van der Waals surface area contributed by atoms with Gasteiger partial charge in [0, 0.05) is 23.1 Å². The summed E-state index contributed by atoms with van der Waals surface area (Å²) in [6, 6.07) is 3.53. The van der Waals surface area contributed by atoms with Crippen molar-refractivity contribution >= 4 is 5.97 Å².